The molecule has 6 nitrogen and oxygen atoms in total. The van der Waals surface area contributed by atoms with Crippen LogP contribution in [0.15, 0.2) is 35.4 Å². The Morgan fingerprint density at radius 1 is 1.16 bits per heavy atom. The summed E-state index contributed by atoms with van der Waals surface area (Å²) in [6.07, 6.45) is 3.71. The van der Waals surface area contributed by atoms with Crippen LogP contribution in [0.4, 0.5) is 13.2 Å². The smallest absolute Gasteiger partial charge is 0.434 e. The van der Waals surface area contributed by atoms with E-state index in [9.17, 15) is 23.1 Å². The van der Waals surface area contributed by atoms with Crippen molar-refractivity contribution in [2.24, 2.45) is 5.92 Å². The number of halogens is 3. The molecular weight excluding hydrogens is 409 g/mol. The molecule has 1 fully saturated rings. The van der Waals surface area contributed by atoms with E-state index in [2.05, 4.69) is 15.0 Å². The van der Waals surface area contributed by atoms with Gasteiger partial charge in [-0.25, -0.2) is 9.97 Å². The Balaban J connectivity index is 1.96. The average Bonchev–Trinajstić information content (AvgIpc) is 2.73. The molecule has 3 aromatic rings. The molecule has 1 aliphatic carbocycles. The number of hydrogen-bond acceptors (Lipinski definition) is 5. The third-order valence-electron chi connectivity index (χ3n) is 5.92. The monoisotopic (exact) mass is 432 g/mol. The summed E-state index contributed by atoms with van der Waals surface area (Å²) in [5.41, 5.74) is -2.15. The van der Waals surface area contributed by atoms with Crippen molar-refractivity contribution in [1.82, 2.24) is 19.5 Å². The van der Waals surface area contributed by atoms with Crippen LogP contribution in [0, 0.1) is 5.92 Å². The Morgan fingerprint density at radius 2 is 1.90 bits per heavy atom. The van der Waals surface area contributed by atoms with Crippen LogP contribution in [-0.2, 0) is 6.18 Å². The Kier molecular flexibility index (Phi) is 5.68. The summed E-state index contributed by atoms with van der Waals surface area (Å²) in [6.45, 7) is 1.80. The van der Waals surface area contributed by atoms with E-state index in [1.807, 2.05) is 0 Å². The van der Waals surface area contributed by atoms with Gasteiger partial charge in [0.15, 0.2) is 11.5 Å². The highest BCUT2D eigenvalue weighted by molar-refractivity contribution is 5.82. The lowest BCUT2D eigenvalue weighted by Crippen LogP contribution is -2.30. The van der Waals surface area contributed by atoms with E-state index >= 15 is 0 Å². The molecule has 0 unspecified atom stereocenters. The van der Waals surface area contributed by atoms with Crippen molar-refractivity contribution >= 4 is 10.9 Å². The molecule has 164 valence electrons. The molecule has 0 saturated heterocycles. The zero-order chi connectivity index (χ0) is 22.2. The average molecular weight is 432 g/mol. The van der Waals surface area contributed by atoms with Crippen LogP contribution in [0.1, 0.15) is 57.2 Å². The van der Waals surface area contributed by atoms with Crippen LogP contribution >= 0.6 is 0 Å². The van der Waals surface area contributed by atoms with Gasteiger partial charge in [0.25, 0.3) is 5.56 Å². The summed E-state index contributed by atoms with van der Waals surface area (Å²) in [6, 6.07) is 3.78. The lowest BCUT2D eigenvalue weighted by atomic mass is 9.85. The minimum atomic E-state index is -4.79. The molecule has 0 bridgehead atoms. The molecule has 3 aromatic heterocycles. The zero-order valence-electron chi connectivity index (χ0n) is 17.1. The molecule has 1 atom stereocenters. The van der Waals surface area contributed by atoms with Crippen molar-refractivity contribution in [2.75, 3.05) is 0 Å². The molecule has 4 rings (SSSR count). The molecule has 0 aliphatic heterocycles. The summed E-state index contributed by atoms with van der Waals surface area (Å²) in [5.74, 6) is 0.239. The van der Waals surface area contributed by atoms with Crippen LogP contribution in [0.25, 0.3) is 22.4 Å². The normalized spacial score (nSPS) is 16.5. The maximum absolute atomic E-state index is 13.6. The highest BCUT2D eigenvalue weighted by atomic mass is 19.4. The molecule has 1 aliphatic rings. The van der Waals surface area contributed by atoms with Gasteiger partial charge in [-0.05, 0) is 37.5 Å². The van der Waals surface area contributed by atoms with Gasteiger partial charge in [-0.3, -0.25) is 14.3 Å². The molecule has 3 heterocycles. The van der Waals surface area contributed by atoms with Crippen LogP contribution in [0.2, 0.25) is 0 Å². The fraction of sp³-hybridized carbons (Fsp3) is 0.455. The highest BCUT2D eigenvalue weighted by Gasteiger charge is 2.37. The Morgan fingerprint density at radius 3 is 2.58 bits per heavy atom. The Hall–Kier alpha value is -2.97. The molecular formula is C22H23F3N4O2. The fourth-order valence-electron chi connectivity index (χ4n) is 4.51. The molecule has 1 N–H and O–H groups in total. The van der Waals surface area contributed by atoms with E-state index in [0.29, 0.717) is 12.3 Å². The largest absolute Gasteiger partial charge is 0.506 e. The number of alkyl halides is 3. The summed E-state index contributed by atoms with van der Waals surface area (Å²) in [7, 11) is 0. The van der Waals surface area contributed by atoms with Gasteiger partial charge in [-0.15, -0.1) is 0 Å². The van der Waals surface area contributed by atoms with Gasteiger partial charge in [-0.2, -0.15) is 13.2 Å². The first kappa shape index (κ1) is 21.3. The number of nitrogens with zero attached hydrogens (tertiary/aromatic N) is 4. The van der Waals surface area contributed by atoms with Crippen molar-refractivity contribution in [1.29, 1.82) is 0 Å². The predicted octanol–water partition coefficient (Wildman–Crippen LogP) is 5.11. The lowest BCUT2D eigenvalue weighted by molar-refractivity contribution is -0.139. The van der Waals surface area contributed by atoms with Gasteiger partial charge in [0.05, 0.1) is 10.9 Å². The molecule has 0 spiro atoms. The number of rotatable bonds is 4. The topological polar surface area (TPSA) is 80.9 Å². The second-order valence-electron chi connectivity index (χ2n) is 8.12. The maximum Gasteiger partial charge on any atom is 0.434 e. The number of fused-ring (bicyclic) bond motifs is 1. The summed E-state index contributed by atoms with van der Waals surface area (Å²) in [5, 5.41) is 9.76. The van der Waals surface area contributed by atoms with Gasteiger partial charge in [0.1, 0.15) is 11.4 Å². The summed E-state index contributed by atoms with van der Waals surface area (Å²) < 4.78 is 42.0. The van der Waals surface area contributed by atoms with Gasteiger partial charge in [0, 0.05) is 18.4 Å². The third kappa shape index (κ3) is 4.13. The van der Waals surface area contributed by atoms with Crippen LogP contribution in [-0.4, -0.2) is 24.6 Å². The summed E-state index contributed by atoms with van der Waals surface area (Å²) >= 11 is 0. The molecule has 1 saturated carbocycles. The minimum absolute atomic E-state index is 0.0539. The van der Waals surface area contributed by atoms with Crippen LogP contribution in [0.5, 0.6) is 5.75 Å². The second kappa shape index (κ2) is 8.28. The second-order valence-corrected chi connectivity index (χ2v) is 8.12. The highest BCUT2D eigenvalue weighted by Crippen LogP contribution is 2.35. The third-order valence-corrected chi connectivity index (χ3v) is 5.92. The van der Waals surface area contributed by atoms with E-state index in [1.54, 1.807) is 6.92 Å². The van der Waals surface area contributed by atoms with Gasteiger partial charge in [-0.1, -0.05) is 32.1 Å². The number of aromatic nitrogens is 4. The minimum Gasteiger partial charge on any atom is -0.506 e. The lowest BCUT2D eigenvalue weighted by Gasteiger charge is -2.27. The van der Waals surface area contributed by atoms with Gasteiger partial charge >= 0.3 is 6.18 Å². The first-order valence-corrected chi connectivity index (χ1v) is 10.4. The Bertz CT molecular complexity index is 1150. The first-order chi connectivity index (χ1) is 14.8. The van der Waals surface area contributed by atoms with Gasteiger partial charge in [0.2, 0.25) is 0 Å². The molecule has 31 heavy (non-hydrogen) atoms. The molecule has 0 aromatic carbocycles. The van der Waals surface area contributed by atoms with Crippen LogP contribution < -0.4 is 5.56 Å². The number of aromatic hydroxyl groups is 1. The van der Waals surface area contributed by atoms with E-state index in [-0.39, 0.29) is 22.8 Å². The fourth-order valence-corrected chi connectivity index (χ4v) is 4.51. The standard InChI is InChI=1S/C22H23F3N4O2/c1-13(12-14-6-3-2-4-7-14)29-20(18-16(30)8-5-10-26-18)28-15-9-11-27-19(22(23,24)25)17(15)21(29)31/h5,8-11,13-14,30H,2-4,6-7,12H2,1H3/t13-/m0/s1. The number of hydrogen-bond donors (Lipinski definition) is 1. The van der Waals surface area contributed by atoms with E-state index in [0.717, 1.165) is 31.9 Å². The SMILES string of the molecule is C[C@@H](CC1CCCCC1)n1c(-c2ncccc2O)nc2ccnc(C(F)(F)F)c2c1=O. The van der Waals surface area contributed by atoms with Gasteiger partial charge < -0.3 is 5.11 Å². The number of pyridine rings is 2. The molecule has 0 radical (unpaired) electrons. The van der Waals surface area contributed by atoms with Crippen molar-refractivity contribution in [3.63, 3.8) is 0 Å². The van der Waals surface area contributed by atoms with Crippen molar-refractivity contribution in [2.45, 2.75) is 57.7 Å². The Labute approximate surface area is 176 Å². The molecule has 9 heteroatoms. The van der Waals surface area contributed by atoms with Crippen molar-refractivity contribution in [3.8, 4) is 17.3 Å². The van der Waals surface area contributed by atoms with E-state index in [4.69, 9.17) is 0 Å². The predicted molar refractivity (Wildman–Crippen MR) is 110 cm³/mol. The zero-order valence-corrected chi connectivity index (χ0v) is 17.1. The molecule has 0 amide bonds. The van der Waals surface area contributed by atoms with Crippen molar-refractivity contribution in [3.05, 3.63) is 46.6 Å². The quantitative estimate of drug-likeness (QED) is 0.620. The van der Waals surface area contributed by atoms with E-state index in [1.165, 1.54) is 35.4 Å². The maximum atomic E-state index is 13.6. The first-order valence-electron chi connectivity index (χ1n) is 10.4. The summed E-state index contributed by atoms with van der Waals surface area (Å²) in [4.78, 5) is 25.4. The van der Waals surface area contributed by atoms with E-state index < -0.39 is 28.9 Å². The van der Waals surface area contributed by atoms with Crippen LogP contribution in [0.3, 0.4) is 0 Å². The van der Waals surface area contributed by atoms with Crippen molar-refractivity contribution < 1.29 is 18.3 Å².